The fourth-order valence-corrected chi connectivity index (χ4v) is 3.62. The molecule has 4 heteroatoms. The number of hydrogen-bond acceptors (Lipinski definition) is 3. The van der Waals surface area contributed by atoms with Gasteiger partial charge in [-0.1, -0.05) is 31.2 Å². The van der Waals surface area contributed by atoms with Gasteiger partial charge in [0, 0.05) is 43.6 Å². The Labute approximate surface area is 144 Å². The summed E-state index contributed by atoms with van der Waals surface area (Å²) in [4.78, 5) is 9.11. The number of likely N-dealkylation sites (N-methyl/N-ethyl adjacent to an activating group) is 1. The molecule has 1 aromatic heterocycles. The number of pyridine rings is 1. The average Bonchev–Trinajstić information content (AvgIpc) is 3.05. The molecule has 1 unspecified atom stereocenters. The SMILES string of the molecule is CCN1CCCC1CN(Cc1cccnc1)Cc1ccccc1F. The van der Waals surface area contributed by atoms with Gasteiger partial charge in [-0.25, -0.2) is 4.39 Å². The molecule has 24 heavy (non-hydrogen) atoms. The smallest absolute Gasteiger partial charge is 0.127 e. The first-order chi connectivity index (χ1) is 11.8. The zero-order valence-electron chi connectivity index (χ0n) is 14.4. The third kappa shape index (κ3) is 4.40. The molecule has 1 atom stereocenters. The molecule has 0 amide bonds. The van der Waals surface area contributed by atoms with Crippen LogP contribution < -0.4 is 0 Å². The van der Waals surface area contributed by atoms with E-state index in [1.54, 1.807) is 18.3 Å². The fraction of sp³-hybridized carbons (Fsp3) is 0.450. The molecule has 0 radical (unpaired) electrons. The van der Waals surface area contributed by atoms with Crippen molar-refractivity contribution in [2.24, 2.45) is 0 Å². The van der Waals surface area contributed by atoms with E-state index in [0.29, 0.717) is 12.6 Å². The van der Waals surface area contributed by atoms with Gasteiger partial charge in [-0.05, 0) is 43.6 Å². The molecule has 1 fully saturated rings. The fourth-order valence-electron chi connectivity index (χ4n) is 3.62. The maximum absolute atomic E-state index is 14.1. The van der Waals surface area contributed by atoms with Crippen molar-refractivity contribution in [2.75, 3.05) is 19.6 Å². The van der Waals surface area contributed by atoms with Crippen LogP contribution in [-0.2, 0) is 13.1 Å². The van der Waals surface area contributed by atoms with Crippen molar-refractivity contribution in [1.29, 1.82) is 0 Å². The molecule has 1 aromatic carbocycles. The summed E-state index contributed by atoms with van der Waals surface area (Å²) < 4.78 is 14.1. The summed E-state index contributed by atoms with van der Waals surface area (Å²) in [6, 6.07) is 11.7. The zero-order valence-corrected chi connectivity index (χ0v) is 14.4. The first-order valence-electron chi connectivity index (χ1n) is 8.85. The second kappa shape index (κ2) is 8.36. The predicted molar refractivity (Wildman–Crippen MR) is 95.0 cm³/mol. The Morgan fingerprint density at radius 2 is 2.08 bits per heavy atom. The molecule has 128 valence electrons. The van der Waals surface area contributed by atoms with Crippen molar-refractivity contribution in [3.05, 3.63) is 65.7 Å². The van der Waals surface area contributed by atoms with Crippen molar-refractivity contribution >= 4 is 0 Å². The summed E-state index contributed by atoms with van der Waals surface area (Å²) >= 11 is 0. The van der Waals surface area contributed by atoms with E-state index in [2.05, 4.69) is 27.8 Å². The van der Waals surface area contributed by atoms with Crippen molar-refractivity contribution in [3.63, 3.8) is 0 Å². The number of hydrogen-bond donors (Lipinski definition) is 0. The van der Waals surface area contributed by atoms with Gasteiger partial charge in [0.1, 0.15) is 5.82 Å². The first-order valence-corrected chi connectivity index (χ1v) is 8.85. The van der Waals surface area contributed by atoms with E-state index in [-0.39, 0.29) is 5.82 Å². The monoisotopic (exact) mass is 327 g/mol. The van der Waals surface area contributed by atoms with Gasteiger partial charge in [0.05, 0.1) is 0 Å². The van der Waals surface area contributed by atoms with Crippen molar-refractivity contribution < 1.29 is 4.39 Å². The Hall–Kier alpha value is -1.78. The van der Waals surface area contributed by atoms with E-state index in [1.165, 1.54) is 24.9 Å². The van der Waals surface area contributed by atoms with E-state index in [0.717, 1.165) is 25.2 Å². The molecule has 0 aliphatic carbocycles. The number of nitrogens with zero attached hydrogens (tertiary/aromatic N) is 3. The van der Waals surface area contributed by atoms with Gasteiger partial charge in [-0.15, -0.1) is 0 Å². The first kappa shape index (κ1) is 17.1. The summed E-state index contributed by atoms with van der Waals surface area (Å²) in [6.07, 6.45) is 6.19. The highest BCUT2D eigenvalue weighted by atomic mass is 19.1. The van der Waals surface area contributed by atoms with Crippen LogP contribution in [-0.4, -0.2) is 40.5 Å². The summed E-state index contributed by atoms with van der Waals surface area (Å²) in [5.74, 6) is -0.118. The molecule has 1 saturated heterocycles. The number of aromatic nitrogens is 1. The minimum Gasteiger partial charge on any atom is -0.299 e. The number of benzene rings is 1. The third-order valence-electron chi connectivity index (χ3n) is 4.85. The molecule has 0 bridgehead atoms. The van der Waals surface area contributed by atoms with Crippen LogP contribution >= 0.6 is 0 Å². The van der Waals surface area contributed by atoms with Gasteiger partial charge in [0.15, 0.2) is 0 Å². The Morgan fingerprint density at radius 1 is 1.21 bits per heavy atom. The van der Waals surface area contributed by atoms with Crippen LogP contribution in [0, 0.1) is 5.82 Å². The van der Waals surface area contributed by atoms with Gasteiger partial charge in [0.25, 0.3) is 0 Å². The average molecular weight is 327 g/mol. The molecule has 1 aliphatic rings. The Kier molecular flexibility index (Phi) is 5.94. The van der Waals surface area contributed by atoms with Crippen LogP contribution in [0.25, 0.3) is 0 Å². The molecular weight excluding hydrogens is 301 g/mol. The number of rotatable bonds is 7. The van der Waals surface area contributed by atoms with Gasteiger partial charge in [0.2, 0.25) is 0 Å². The highest BCUT2D eigenvalue weighted by molar-refractivity contribution is 5.17. The number of likely N-dealkylation sites (tertiary alicyclic amines) is 1. The molecular formula is C20H26FN3. The predicted octanol–water partition coefficient (Wildman–Crippen LogP) is 3.71. The topological polar surface area (TPSA) is 19.4 Å². The highest BCUT2D eigenvalue weighted by Gasteiger charge is 2.25. The normalized spacial score (nSPS) is 18.4. The van der Waals surface area contributed by atoms with E-state index in [4.69, 9.17) is 0 Å². The lowest BCUT2D eigenvalue weighted by Gasteiger charge is -2.30. The van der Waals surface area contributed by atoms with Crippen molar-refractivity contribution in [1.82, 2.24) is 14.8 Å². The van der Waals surface area contributed by atoms with E-state index < -0.39 is 0 Å². The Balaban J connectivity index is 1.74. The summed E-state index contributed by atoms with van der Waals surface area (Å²) in [6.45, 7) is 6.90. The molecule has 3 rings (SSSR count). The maximum atomic E-state index is 14.1. The second-order valence-corrected chi connectivity index (χ2v) is 6.55. The lowest BCUT2D eigenvalue weighted by molar-refractivity contribution is 0.164. The van der Waals surface area contributed by atoms with Crippen LogP contribution in [0.5, 0.6) is 0 Å². The highest BCUT2D eigenvalue weighted by Crippen LogP contribution is 2.20. The van der Waals surface area contributed by atoms with Gasteiger partial charge in [-0.3, -0.25) is 14.8 Å². The lowest BCUT2D eigenvalue weighted by atomic mass is 10.1. The minimum atomic E-state index is -0.118. The van der Waals surface area contributed by atoms with Gasteiger partial charge >= 0.3 is 0 Å². The second-order valence-electron chi connectivity index (χ2n) is 6.55. The van der Waals surface area contributed by atoms with Crippen LogP contribution in [0.1, 0.15) is 30.9 Å². The molecule has 3 nitrogen and oxygen atoms in total. The maximum Gasteiger partial charge on any atom is 0.127 e. The van der Waals surface area contributed by atoms with Crippen LogP contribution in [0.15, 0.2) is 48.8 Å². The zero-order chi connectivity index (χ0) is 16.8. The van der Waals surface area contributed by atoms with E-state index >= 15 is 0 Å². The standard InChI is InChI=1S/C20H26FN3/c1-2-24-12-6-9-19(24)16-23(14-17-7-5-11-22-13-17)15-18-8-3-4-10-20(18)21/h3-5,7-8,10-11,13,19H,2,6,9,12,14-16H2,1H3. The minimum absolute atomic E-state index is 0.118. The van der Waals surface area contributed by atoms with E-state index in [1.807, 2.05) is 24.4 Å². The lowest BCUT2D eigenvalue weighted by Crippen LogP contribution is -2.39. The Bertz CT molecular complexity index is 632. The van der Waals surface area contributed by atoms with E-state index in [9.17, 15) is 4.39 Å². The molecule has 2 heterocycles. The van der Waals surface area contributed by atoms with Gasteiger partial charge < -0.3 is 0 Å². The van der Waals surface area contributed by atoms with Crippen LogP contribution in [0.4, 0.5) is 4.39 Å². The van der Waals surface area contributed by atoms with Crippen LogP contribution in [0.2, 0.25) is 0 Å². The van der Waals surface area contributed by atoms with Crippen LogP contribution in [0.3, 0.4) is 0 Å². The quantitative estimate of drug-likeness (QED) is 0.773. The molecule has 0 saturated carbocycles. The van der Waals surface area contributed by atoms with Crippen molar-refractivity contribution in [2.45, 2.75) is 38.9 Å². The molecule has 2 aromatic rings. The summed E-state index contributed by atoms with van der Waals surface area (Å²) in [7, 11) is 0. The van der Waals surface area contributed by atoms with Crippen molar-refractivity contribution in [3.8, 4) is 0 Å². The molecule has 0 N–H and O–H groups in total. The molecule has 0 spiro atoms. The largest absolute Gasteiger partial charge is 0.299 e. The number of halogens is 1. The van der Waals surface area contributed by atoms with Gasteiger partial charge in [-0.2, -0.15) is 0 Å². The summed E-state index contributed by atoms with van der Waals surface area (Å²) in [5.41, 5.74) is 1.94. The third-order valence-corrected chi connectivity index (χ3v) is 4.85. The summed E-state index contributed by atoms with van der Waals surface area (Å²) in [5, 5.41) is 0. The Morgan fingerprint density at radius 3 is 2.83 bits per heavy atom. The molecule has 1 aliphatic heterocycles.